The Balaban J connectivity index is 1.18. The molecule has 2 aromatic carbocycles. The number of rotatable bonds is 6. The fraction of sp³-hybridized carbons (Fsp3) is 0.250. The predicted octanol–water partition coefficient (Wildman–Crippen LogP) is 4.48. The Morgan fingerprint density at radius 3 is 2.65 bits per heavy atom. The van der Waals surface area contributed by atoms with E-state index >= 15 is 0 Å². The molecule has 0 amide bonds. The van der Waals surface area contributed by atoms with Crippen molar-refractivity contribution in [2.24, 2.45) is 0 Å². The van der Waals surface area contributed by atoms with Crippen LogP contribution in [0, 0.1) is 0 Å². The topological polar surface area (TPSA) is 76.6 Å². The second kappa shape index (κ2) is 8.17. The quantitative estimate of drug-likeness (QED) is 0.439. The van der Waals surface area contributed by atoms with Crippen LogP contribution in [0.5, 0.6) is 0 Å². The Bertz CT molecular complexity index is 1270. The van der Waals surface area contributed by atoms with Crippen molar-refractivity contribution in [3.05, 3.63) is 65.2 Å². The molecule has 0 aliphatic carbocycles. The average Bonchev–Trinajstić information content (AvgIpc) is 3.42. The van der Waals surface area contributed by atoms with Gasteiger partial charge >= 0.3 is 5.97 Å². The highest BCUT2D eigenvalue weighted by molar-refractivity contribution is 7.17. The van der Waals surface area contributed by atoms with Gasteiger partial charge < -0.3 is 15.0 Å². The molecule has 4 aromatic rings. The predicted molar refractivity (Wildman–Crippen MR) is 125 cm³/mol. The molecule has 3 heterocycles. The first-order valence-corrected chi connectivity index (χ1v) is 11.3. The largest absolute Gasteiger partial charge is 0.477 e. The SMILES string of the molecule is O=C(O)c1cc2ccc(N3CCN(CCC(=O)c4csc5ccccc45)CC3)cc2[nH]1. The molecule has 1 aliphatic heterocycles. The molecule has 158 valence electrons. The number of carbonyl (C=O) groups is 2. The zero-order valence-electron chi connectivity index (χ0n) is 17.0. The Hall–Kier alpha value is -3.16. The monoisotopic (exact) mass is 433 g/mol. The summed E-state index contributed by atoms with van der Waals surface area (Å²) in [5.74, 6) is -0.734. The highest BCUT2D eigenvalue weighted by atomic mass is 32.1. The first-order valence-electron chi connectivity index (χ1n) is 10.4. The molecular formula is C24H23N3O3S. The molecule has 0 spiro atoms. The average molecular weight is 434 g/mol. The number of aromatic nitrogens is 1. The maximum Gasteiger partial charge on any atom is 0.352 e. The Morgan fingerprint density at radius 2 is 1.84 bits per heavy atom. The van der Waals surface area contributed by atoms with Crippen LogP contribution in [0.3, 0.4) is 0 Å². The van der Waals surface area contributed by atoms with E-state index in [9.17, 15) is 9.59 Å². The standard InChI is InChI=1S/C24H23N3O3S/c28-22(19-15-31-23-4-2-1-3-18(19)23)7-8-26-9-11-27(12-10-26)17-6-5-16-13-21(24(29)30)25-20(16)14-17/h1-6,13-15,25H,7-12H2,(H,29,30). The molecule has 2 N–H and O–H groups in total. The number of hydrogen-bond acceptors (Lipinski definition) is 5. The van der Waals surface area contributed by atoms with Crippen LogP contribution in [-0.2, 0) is 0 Å². The lowest BCUT2D eigenvalue weighted by molar-refractivity contribution is 0.0691. The molecule has 1 fully saturated rings. The van der Waals surface area contributed by atoms with Gasteiger partial charge in [-0.15, -0.1) is 11.3 Å². The highest BCUT2D eigenvalue weighted by Gasteiger charge is 2.20. The lowest BCUT2D eigenvalue weighted by Gasteiger charge is -2.36. The number of anilines is 1. The van der Waals surface area contributed by atoms with Crippen molar-refractivity contribution in [1.82, 2.24) is 9.88 Å². The maximum absolute atomic E-state index is 12.7. The van der Waals surface area contributed by atoms with Gasteiger partial charge in [-0.25, -0.2) is 4.79 Å². The molecule has 7 heteroatoms. The molecule has 0 saturated carbocycles. The second-order valence-electron chi connectivity index (χ2n) is 7.91. The van der Waals surface area contributed by atoms with Gasteiger partial charge in [0.2, 0.25) is 0 Å². The van der Waals surface area contributed by atoms with Crippen LogP contribution in [0.25, 0.3) is 21.0 Å². The van der Waals surface area contributed by atoms with E-state index in [4.69, 9.17) is 5.11 Å². The molecule has 2 aromatic heterocycles. The van der Waals surface area contributed by atoms with Crippen molar-refractivity contribution in [2.45, 2.75) is 6.42 Å². The zero-order chi connectivity index (χ0) is 21.4. The molecule has 0 atom stereocenters. The minimum absolute atomic E-state index is 0.208. The Kier molecular flexibility index (Phi) is 5.21. The summed E-state index contributed by atoms with van der Waals surface area (Å²) in [6.07, 6.45) is 0.535. The number of fused-ring (bicyclic) bond motifs is 2. The molecule has 0 radical (unpaired) electrons. The van der Waals surface area contributed by atoms with E-state index in [-0.39, 0.29) is 11.5 Å². The van der Waals surface area contributed by atoms with E-state index in [1.54, 1.807) is 17.4 Å². The van der Waals surface area contributed by atoms with E-state index in [0.29, 0.717) is 6.42 Å². The molecular weight excluding hydrogens is 410 g/mol. The lowest BCUT2D eigenvalue weighted by Crippen LogP contribution is -2.46. The van der Waals surface area contributed by atoms with Crippen molar-refractivity contribution in [3.8, 4) is 0 Å². The summed E-state index contributed by atoms with van der Waals surface area (Å²) < 4.78 is 1.16. The van der Waals surface area contributed by atoms with Crippen LogP contribution in [-0.4, -0.2) is 59.5 Å². The molecule has 6 nitrogen and oxygen atoms in total. The van der Waals surface area contributed by atoms with Crippen molar-refractivity contribution in [2.75, 3.05) is 37.6 Å². The van der Waals surface area contributed by atoms with Gasteiger partial charge in [0.1, 0.15) is 5.69 Å². The number of carboxylic acid groups (broad SMARTS) is 1. The minimum atomic E-state index is -0.948. The number of H-pyrrole nitrogens is 1. The molecule has 5 rings (SSSR count). The van der Waals surface area contributed by atoms with Crippen LogP contribution in [0.1, 0.15) is 27.3 Å². The molecule has 0 unspecified atom stereocenters. The number of aromatic carboxylic acids is 1. The number of aromatic amines is 1. The van der Waals surface area contributed by atoms with Crippen LogP contribution < -0.4 is 4.90 Å². The van der Waals surface area contributed by atoms with Crippen molar-refractivity contribution in [3.63, 3.8) is 0 Å². The van der Waals surface area contributed by atoms with Crippen LogP contribution in [0.15, 0.2) is 53.9 Å². The number of carboxylic acids is 1. The summed E-state index contributed by atoms with van der Waals surface area (Å²) in [5, 5.41) is 13.1. The van der Waals surface area contributed by atoms with Crippen LogP contribution >= 0.6 is 11.3 Å². The Morgan fingerprint density at radius 1 is 1.03 bits per heavy atom. The van der Waals surface area contributed by atoms with Gasteiger partial charge in [0, 0.05) is 76.8 Å². The first kappa shape index (κ1) is 19.8. The van der Waals surface area contributed by atoms with Gasteiger partial charge in [-0.2, -0.15) is 0 Å². The van der Waals surface area contributed by atoms with Gasteiger partial charge in [-0.05, 0) is 24.3 Å². The number of thiophene rings is 1. The number of benzene rings is 2. The number of hydrogen-bond donors (Lipinski definition) is 2. The van der Waals surface area contributed by atoms with Crippen LogP contribution in [0.2, 0.25) is 0 Å². The normalized spacial score (nSPS) is 15.0. The Labute approximate surface area is 183 Å². The number of nitrogens with zero attached hydrogens (tertiary/aromatic N) is 2. The summed E-state index contributed by atoms with van der Waals surface area (Å²) in [7, 11) is 0. The van der Waals surface area contributed by atoms with E-state index < -0.39 is 5.97 Å². The van der Waals surface area contributed by atoms with Gasteiger partial charge in [0.05, 0.1) is 0 Å². The zero-order valence-corrected chi connectivity index (χ0v) is 17.8. The summed E-state index contributed by atoms with van der Waals surface area (Å²) >= 11 is 1.63. The third-order valence-corrected chi connectivity index (χ3v) is 6.97. The molecule has 1 aliphatic rings. The van der Waals surface area contributed by atoms with Crippen molar-refractivity contribution in [1.29, 1.82) is 0 Å². The van der Waals surface area contributed by atoms with Crippen molar-refractivity contribution >= 4 is 49.8 Å². The smallest absolute Gasteiger partial charge is 0.352 e. The highest BCUT2D eigenvalue weighted by Crippen LogP contribution is 2.27. The number of carbonyl (C=O) groups excluding carboxylic acids is 1. The van der Waals surface area contributed by atoms with E-state index in [1.807, 2.05) is 41.8 Å². The van der Waals surface area contributed by atoms with Gasteiger partial charge in [-0.1, -0.05) is 24.3 Å². The number of piperazine rings is 1. The third-order valence-electron chi connectivity index (χ3n) is 6.01. The van der Waals surface area contributed by atoms with Gasteiger partial charge in [-0.3, -0.25) is 9.69 Å². The van der Waals surface area contributed by atoms with E-state index in [2.05, 4.69) is 20.9 Å². The lowest BCUT2D eigenvalue weighted by atomic mass is 10.1. The first-order chi connectivity index (χ1) is 15.1. The molecule has 31 heavy (non-hydrogen) atoms. The summed E-state index contributed by atoms with van der Waals surface area (Å²) in [4.78, 5) is 31.5. The van der Waals surface area contributed by atoms with Crippen LogP contribution in [0.4, 0.5) is 5.69 Å². The maximum atomic E-state index is 12.7. The van der Waals surface area contributed by atoms with E-state index in [0.717, 1.165) is 65.0 Å². The molecule has 0 bridgehead atoms. The summed E-state index contributed by atoms with van der Waals surface area (Å²) in [6.45, 7) is 4.34. The van der Waals surface area contributed by atoms with Gasteiger partial charge in [0.15, 0.2) is 5.78 Å². The summed E-state index contributed by atoms with van der Waals surface area (Å²) in [5.41, 5.74) is 2.98. The molecule has 1 saturated heterocycles. The third kappa shape index (κ3) is 3.94. The van der Waals surface area contributed by atoms with E-state index in [1.165, 1.54) is 0 Å². The number of Topliss-reactive ketones (excluding diaryl/α,β-unsaturated/α-hetero) is 1. The van der Waals surface area contributed by atoms with Gasteiger partial charge in [0.25, 0.3) is 0 Å². The number of ketones is 1. The minimum Gasteiger partial charge on any atom is -0.477 e. The second-order valence-corrected chi connectivity index (χ2v) is 8.82. The summed E-state index contributed by atoms with van der Waals surface area (Å²) in [6, 6.07) is 15.8. The van der Waals surface area contributed by atoms with Crippen molar-refractivity contribution < 1.29 is 14.7 Å². The fourth-order valence-corrected chi connectivity index (χ4v) is 5.21. The fourth-order valence-electron chi connectivity index (χ4n) is 4.24. The number of nitrogens with one attached hydrogen (secondary N) is 1.